The Labute approximate surface area is 147 Å². The van der Waals surface area contributed by atoms with Gasteiger partial charge in [-0.2, -0.15) is 0 Å². The topological polar surface area (TPSA) is 55.4 Å². The van der Waals surface area contributed by atoms with Gasteiger partial charge in [0.1, 0.15) is 5.82 Å². The molecule has 1 N–H and O–H groups in total. The third kappa shape index (κ3) is 5.41. The van der Waals surface area contributed by atoms with Crippen LogP contribution in [0.2, 0.25) is 0 Å². The summed E-state index contributed by atoms with van der Waals surface area (Å²) in [4.78, 5) is 24.1. The van der Waals surface area contributed by atoms with E-state index in [1.54, 1.807) is 43.3 Å². The third-order valence-electron chi connectivity index (χ3n) is 3.59. The first-order valence-electron chi connectivity index (χ1n) is 8.17. The number of esters is 1. The quantitative estimate of drug-likeness (QED) is 0.603. The number of ketones is 1. The Hall–Kier alpha value is -2.69. The molecule has 0 aliphatic carbocycles. The van der Waals surface area contributed by atoms with Gasteiger partial charge in [-0.15, -0.1) is 0 Å². The summed E-state index contributed by atoms with van der Waals surface area (Å²) in [6.07, 6.45) is 0. The minimum Gasteiger partial charge on any atom is -0.462 e. The smallest absolute Gasteiger partial charge is 0.338 e. The molecule has 0 unspecified atom stereocenters. The predicted octanol–water partition coefficient (Wildman–Crippen LogP) is 4.24. The van der Waals surface area contributed by atoms with Crippen LogP contribution in [0.4, 0.5) is 10.1 Å². The van der Waals surface area contributed by atoms with Crippen LogP contribution in [0.5, 0.6) is 0 Å². The lowest BCUT2D eigenvalue weighted by atomic mass is 10.1. The summed E-state index contributed by atoms with van der Waals surface area (Å²) in [6.45, 7) is 5.93. The first kappa shape index (κ1) is 18.6. The van der Waals surface area contributed by atoms with Gasteiger partial charge >= 0.3 is 5.97 Å². The fourth-order valence-corrected chi connectivity index (χ4v) is 2.13. The average Bonchev–Trinajstić information content (AvgIpc) is 2.60. The van der Waals surface area contributed by atoms with Crippen LogP contribution in [0, 0.1) is 18.7 Å². The lowest BCUT2D eigenvalue weighted by molar-refractivity contribution is 0.0459. The molecule has 2 aromatic carbocycles. The van der Waals surface area contributed by atoms with E-state index >= 15 is 0 Å². The molecule has 0 amide bonds. The highest BCUT2D eigenvalue weighted by Crippen LogP contribution is 2.14. The van der Waals surface area contributed by atoms with Crippen LogP contribution < -0.4 is 5.32 Å². The number of hydrogen-bond acceptors (Lipinski definition) is 4. The molecule has 0 saturated carbocycles. The number of carbonyl (C=O) groups excluding carboxylic acids is 2. The van der Waals surface area contributed by atoms with E-state index in [-0.39, 0.29) is 18.2 Å². The van der Waals surface area contributed by atoms with Crippen LogP contribution in [-0.2, 0) is 4.74 Å². The second-order valence-corrected chi connectivity index (χ2v) is 6.31. The largest absolute Gasteiger partial charge is 0.462 e. The number of carbonyl (C=O) groups is 2. The molecule has 2 aromatic rings. The van der Waals surface area contributed by atoms with Gasteiger partial charge in [0.05, 0.1) is 18.7 Å². The van der Waals surface area contributed by atoms with Gasteiger partial charge in [-0.1, -0.05) is 32.0 Å². The van der Waals surface area contributed by atoms with Crippen molar-refractivity contribution in [3.63, 3.8) is 0 Å². The van der Waals surface area contributed by atoms with Crippen molar-refractivity contribution < 1.29 is 18.7 Å². The Morgan fingerprint density at radius 1 is 1.12 bits per heavy atom. The number of halogens is 1. The van der Waals surface area contributed by atoms with Crippen molar-refractivity contribution in [2.24, 2.45) is 5.92 Å². The molecule has 0 aromatic heterocycles. The van der Waals surface area contributed by atoms with E-state index in [1.807, 2.05) is 13.8 Å². The van der Waals surface area contributed by atoms with Crippen molar-refractivity contribution >= 4 is 17.4 Å². The molecule has 0 atom stereocenters. The van der Waals surface area contributed by atoms with Crippen molar-refractivity contribution in [3.05, 3.63) is 65.0 Å². The Morgan fingerprint density at radius 3 is 2.56 bits per heavy atom. The maximum atomic E-state index is 13.5. The highest BCUT2D eigenvalue weighted by atomic mass is 19.1. The molecule has 132 valence electrons. The number of rotatable bonds is 7. The Morgan fingerprint density at radius 2 is 1.88 bits per heavy atom. The molecule has 0 fully saturated rings. The number of anilines is 1. The Bertz CT molecular complexity index is 771. The third-order valence-corrected chi connectivity index (χ3v) is 3.59. The van der Waals surface area contributed by atoms with Gasteiger partial charge in [-0.25, -0.2) is 9.18 Å². The molecule has 4 nitrogen and oxygen atoms in total. The van der Waals surface area contributed by atoms with Crippen molar-refractivity contribution in [2.75, 3.05) is 18.5 Å². The summed E-state index contributed by atoms with van der Waals surface area (Å²) >= 11 is 0. The molecule has 25 heavy (non-hydrogen) atoms. The van der Waals surface area contributed by atoms with Gasteiger partial charge in [0, 0.05) is 11.3 Å². The second kappa shape index (κ2) is 8.42. The molecule has 2 rings (SSSR count). The first-order valence-corrected chi connectivity index (χ1v) is 8.17. The monoisotopic (exact) mass is 343 g/mol. The van der Waals surface area contributed by atoms with E-state index in [0.29, 0.717) is 29.0 Å². The summed E-state index contributed by atoms with van der Waals surface area (Å²) in [7, 11) is 0. The molecule has 0 aliphatic rings. The molecule has 5 heteroatoms. The van der Waals surface area contributed by atoms with Crippen molar-refractivity contribution in [1.82, 2.24) is 0 Å². The van der Waals surface area contributed by atoms with Crippen LogP contribution in [0.25, 0.3) is 0 Å². The number of ether oxygens (including phenoxy) is 1. The molecule has 0 aliphatic heterocycles. The standard InChI is InChI=1S/C20H22FNO3/c1-13(2)12-25-20(24)16-5-4-6-17(9-16)22-11-19(23)15-8-7-14(3)18(21)10-15/h4-10,13,22H,11-12H2,1-3H3. The highest BCUT2D eigenvalue weighted by Gasteiger charge is 2.11. The lowest BCUT2D eigenvalue weighted by Gasteiger charge is -2.10. The average molecular weight is 343 g/mol. The van der Waals surface area contributed by atoms with Crippen LogP contribution in [0.15, 0.2) is 42.5 Å². The van der Waals surface area contributed by atoms with Gasteiger partial charge < -0.3 is 10.1 Å². The van der Waals surface area contributed by atoms with E-state index in [4.69, 9.17) is 4.74 Å². The van der Waals surface area contributed by atoms with Crippen LogP contribution >= 0.6 is 0 Å². The van der Waals surface area contributed by atoms with Crippen molar-refractivity contribution in [2.45, 2.75) is 20.8 Å². The van der Waals surface area contributed by atoms with Gasteiger partial charge in [0.15, 0.2) is 5.78 Å². The van der Waals surface area contributed by atoms with Crippen LogP contribution in [0.3, 0.4) is 0 Å². The maximum absolute atomic E-state index is 13.5. The van der Waals surface area contributed by atoms with Gasteiger partial charge in [0.25, 0.3) is 0 Å². The molecule has 0 heterocycles. The van der Waals surface area contributed by atoms with Crippen molar-refractivity contribution in [3.8, 4) is 0 Å². The fourth-order valence-electron chi connectivity index (χ4n) is 2.13. The second-order valence-electron chi connectivity index (χ2n) is 6.31. The summed E-state index contributed by atoms with van der Waals surface area (Å²) in [5, 5.41) is 2.96. The normalized spacial score (nSPS) is 10.6. The molecular weight excluding hydrogens is 321 g/mol. The van der Waals surface area contributed by atoms with Gasteiger partial charge in [-0.05, 0) is 42.7 Å². The molecule has 0 bridgehead atoms. The van der Waals surface area contributed by atoms with Crippen molar-refractivity contribution in [1.29, 1.82) is 0 Å². The number of benzene rings is 2. The zero-order valence-corrected chi connectivity index (χ0v) is 14.6. The SMILES string of the molecule is Cc1ccc(C(=O)CNc2cccc(C(=O)OCC(C)C)c2)cc1F. The molecular formula is C20H22FNO3. The maximum Gasteiger partial charge on any atom is 0.338 e. The summed E-state index contributed by atoms with van der Waals surface area (Å²) in [5.41, 5.74) is 1.85. The predicted molar refractivity (Wildman–Crippen MR) is 95.5 cm³/mol. The molecule has 0 spiro atoms. The number of Topliss-reactive ketones (excluding diaryl/α,β-unsaturated/α-hetero) is 1. The van der Waals surface area contributed by atoms with Gasteiger partial charge in [0.2, 0.25) is 0 Å². The van der Waals surface area contributed by atoms with E-state index in [0.717, 1.165) is 0 Å². The summed E-state index contributed by atoms with van der Waals surface area (Å²) < 4.78 is 18.7. The van der Waals surface area contributed by atoms with Gasteiger partial charge in [-0.3, -0.25) is 4.79 Å². The summed E-state index contributed by atoms with van der Waals surface area (Å²) in [6, 6.07) is 11.2. The van der Waals surface area contributed by atoms with E-state index < -0.39 is 11.8 Å². The Kier molecular flexibility index (Phi) is 6.28. The van der Waals surface area contributed by atoms with E-state index in [9.17, 15) is 14.0 Å². The Balaban J connectivity index is 1.98. The molecule has 0 radical (unpaired) electrons. The highest BCUT2D eigenvalue weighted by molar-refractivity contribution is 5.99. The zero-order valence-electron chi connectivity index (χ0n) is 14.6. The lowest BCUT2D eigenvalue weighted by Crippen LogP contribution is -2.15. The van der Waals surface area contributed by atoms with Crippen LogP contribution in [0.1, 0.15) is 40.1 Å². The number of hydrogen-bond donors (Lipinski definition) is 1. The van der Waals surface area contributed by atoms with E-state index in [2.05, 4.69) is 5.32 Å². The number of nitrogens with one attached hydrogen (secondary N) is 1. The zero-order chi connectivity index (χ0) is 18.4. The first-order chi connectivity index (χ1) is 11.9. The number of aryl methyl sites for hydroxylation is 1. The minimum absolute atomic E-state index is 0.00694. The molecule has 0 saturated heterocycles. The van der Waals surface area contributed by atoms with Crippen LogP contribution in [-0.4, -0.2) is 24.9 Å². The fraction of sp³-hybridized carbons (Fsp3) is 0.300. The minimum atomic E-state index is -0.402. The summed E-state index contributed by atoms with van der Waals surface area (Å²) in [5.74, 6) is -0.769. The van der Waals surface area contributed by atoms with E-state index in [1.165, 1.54) is 6.07 Å².